The molecule has 4 nitrogen and oxygen atoms in total. The first-order valence-corrected chi connectivity index (χ1v) is 5.16. The van der Waals surface area contributed by atoms with E-state index in [1.54, 1.807) is 0 Å². The van der Waals surface area contributed by atoms with Crippen LogP contribution in [0.5, 0.6) is 0 Å². The van der Waals surface area contributed by atoms with E-state index in [1.165, 1.54) is 5.69 Å². The molecule has 2 rings (SSSR count). The maximum Gasteiger partial charge on any atom is 0.150 e. The topological polar surface area (TPSA) is 33.1 Å². The van der Waals surface area contributed by atoms with E-state index in [9.17, 15) is 0 Å². The fourth-order valence-electron chi connectivity index (χ4n) is 1.84. The van der Waals surface area contributed by atoms with Gasteiger partial charge < -0.3 is 10.2 Å². The average molecular weight is 194 g/mol. The van der Waals surface area contributed by atoms with E-state index < -0.39 is 0 Å². The van der Waals surface area contributed by atoms with Gasteiger partial charge >= 0.3 is 0 Å². The van der Waals surface area contributed by atoms with E-state index >= 15 is 0 Å². The molecule has 1 aliphatic heterocycles. The summed E-state index contributed by atoms with van der Waals surface area (Å²) in [6.07, 6.45) is 0. The summed E-state index contributed by atoms with van der Waals surface area (Å²) in [5.74, 6) is 1.11. The highest BCUT2D eigenvalue weighted by Crippen LogP contribution is 2.14. The van der Waals surface area contributed by atoms with Crippen LogP contribution in [0.4, 0.5) is 5.82 Å². The van der Waals surface area contributed by atoms with Crippen LogP contribution in [-0.4, -0.2) is 35.5 Å². The van der Waals surface area contributed by atoms with Crippen molar-refractivity contribution in [2.45, 2.75) is 19.9 Å². The number of nitrogens with one attached hydrogen (secondary N) is 1. The van der Waals surface area contributed by atoms with Gasteiger partial charge in [0.25, 0.3) is 0 Å². The Morgan fingerprint density at radius 2 is 2.36 bits per heavy atom. The van der Waals surface area contributed by atoms with Crippen molar-refractivity contribution in [3.63, 3.8) is 0 Å². The van der Waals surface area contributed by atoms with Gasteiger partial charge in [-0.2, -0.15) is 5.10 Å². The Morgan fingerprint density at radius 3 is 2.93 bits per heavy atom. The lowest BCUT2D eigenvalue weighted by Gasteiger charge is -2.31. The first kappa shape index (κ1) is 9.52. The third kappa shape index (κ3) is 1.75. The molecule has 78 valence electrons. The molecule has 4 heteroatoms. The first-order chi connectivity index (χ1) is 6.66. The van der Waals surface area contributed by atoms with Crippen molar-refractivity contribution < 1.29 is 0 Å². The lowest BCUT2D eigenvalue weighted by Crippen LogP contribution is -2.49. The number of hydrogen-bond donors (Lipinski definition) is 1. The lowest BCUT2D eigenvalue weighted by molar-refractivity contribution is 0.481. The van der Waals surface area contributed by atoms with E-state index in [1.807, 2.05) is 11.7 Å². The zero-order chi connectivity index (χ0) is 10.1. The summed E-state index contributed by atoms with van der Waals surface area (Å²) in [6, 6.07) is 2.71. The summed E-state index contributed by atoms with van der Waals surface area (Å²) in [5.41, 5.74) is 1.21. The smallest absolute Gasteiger partial charge is 0.150 e. The van der Waals surface area contributed by atoms with Gasteiger partial charge in [-0.15, -0.1) is 0 Å². The standard InChI is InChI=1S/C10H18N4/c1-8-7-14(5-4-11-8)10-6-9(2)13(3)12-10/h6,8,11H,4-5,7H2,1-3H3. The van der Waals surface area contributed by atoms with Crippen LogP contribution < -0.4 is 10.2 Å². The van der Waals surface area contributed by atoms with Gasteiger partial charge in [-0.25, -0.2) is 0 Å². The number of hydrogen-bond acceptors (Lipinski definition) is 3. The number of rotatable bonds is 1. The monoisotopic (exact) mass is 194 g/mol. The fourth-order valence-corrected chi connectivity index (χ4v) is 1.84. The molecule has 1 aromatic rings. The molecule has 1 atom stereocenters. The molecule has 1 aliphatic rings. The van der Waals surface area contributed by atoms with Crippen molar-refractivity contribution in [1.29, 1.82) is 0 Å². The number of aromatic nitrogens is 2. The molecule has 0 aromatic carbocycles. The minimum Gasteiger partial charge on any atom is -0.352 e. The van der Waals surface area contributed by atoms with Gasteiger partial charge in [0.1, 0.15) is 0 Å². The summed E-state index contributed by atoms with van der Waals surface area (Å²) >= 11 is 0. The number of nitrogens with zero attached hydrogens (tertiary/aromatic N) is 3. The highest BCUT2D eigenvalue weighted by molar-refractivity contribution is 5.40. The zero-order valence-electron chi connectivity index (χ0n) is 9.12. The van der Waals surface area contributed by atoms with E-state index in [0.29, 0.717) is 6.04 Å². The van der Waals surface area contributed by atoms with Crippen LogP contribution >= 0.6 is 0 Å². The quantitative estimate of drug-likeness (QED) is 0.708. The van der Waals surface area contributed by atoms with Crippen molar-refractivity contribution >= 4 is 5.82 Å². The predicted octanol–water partition coefficient (Wildman–Crippen LogP) is 0.527. The van der Waals surface area contributed by atoms with Gasteiger partial charge in [-0.3, -0.25) is 4.68 Å². The SMILES string of the molecule is Cc1cc(N2CCNC(C)C2)nn1C. The Kier molecular flexibility index (Phi) is 2.46. The van der Waals surface area contributed by atoms with Gasteiger partial charge in [0.15, 0.2) is 5.82 Å². The molecule has 0 bridgehead atoms. The normalized spacial score (nSPS) is 22.8. The third-order valence-electron chi connectivity index (χ3n) is 2.79. The second-order valence-electron chi connectivity index (χ2n) is 4.07. The molecular weight excluding hydrogens is 176 g/mol. The summed E-state index contributed by atoms with van der Waals surface area (Å²) in [7, 11) is 1.99. The molecule has 1 fully saturated rings. The van der Waals surface area contributed by atoms with Gasteiger partial charge in [0.05, 0.1) is 0 Å². The highest BCUT2D eigenvalue weighted by atomic mass is 15.4. The number of anilines is 1. The highest BCUT2D eigenvalue weighted by Gasteiger charge is 2.17. The fraction of sp³-hybridized carbons (Fsp3) is 0.700. The minimum atomic E-state index is 0.561. The largest absolute Gasteiger partial charge is 0.352 e. The van der Waals surface area contributed by atoms with Crippen molar-refractivity contribution in [3.8, 4) is 0 Å². The van der Waals surface area contributed by atoms with Crippen LogP contribution in [0, 0.1) is 6.92 Å². The van der Waals surface area contributed by atoms with Gasteiger partial charge in [0.2, 0.25) is 0 Å². The summed E-state index contributed by atoms with van der Waals surface area (Å²) in [5, 5.41) is 7.91. The molecule has 1 aromatic heterocycles. The Balaban J connectivity index is 2.14. The predicted molar refractivity (Wildman–Crippen MR) is 57.6 cm³/mol. The lowest BCUT2D eigenvalue weighted by atomic mass is 10.2. The van der Waals surface area contributed by atoms with Crippen LogP contribution in [0.3, 0.4) is 0 Å². The second kappa shape index (κ2) is 3.61. The van der Waals surface area contributed by atoms with Crippen LogP contribution in [-0.2, 0) is 7.05 Å². The Bertz CT molecular complexity index is 298. The van der Waals surface area contributed by atoms with Gasteiger partial charge in [-0.05, 0) is 13.8 Å². The molecular formula is C10H18N4. The minimum absolute atomic E-state index is 0.561. The van der Waals surface area contributed by atoms with Crippen molar-refractivity contribution in [2.75, 3.05) is 24.5 Å². The van der Waals surface area contributed by atoms with Crippen molar-refractivity contribution in [2.24, 2.45) is 7.05 Å². The summed E-state index contributed by atoms with van der Waals surface area (Å²) in [6.45, 7) is 7.46. The molecule has 0 radical (unpaired) electrons. The molecule has 0 saturated carbocycles. The molecule has 14 heavy (non-hydrogen) atoms. The van der Waals surface area contributed by atoms with Crippen molar-refractivity contribution in [1.82, 2.24) is 15.1 Å². The maximum atomic E-state index is 4.48. The molecule has 1 N–H and O–H groups in total. The Morgan fingerprint density at radius 1 is 1.57 bits per heavy atom. The first-order valence-electron chi connectivity index (χ1n) is 5.16. The summed E-state index contributed by atoms with van der Waals surface area (Å²) < 4.78 is 1.93. The van der Waals surface area contributed by atoms with Gasteiger partial charge in [-0.1, -0.05) is 0 Å². The average Bonchev–Trinajstić information content (AvgIpc) is 2.47. The van der Waals surface area contributed by atoms with E-state index in [4.69, 9.17) is 0 Å². The number of aryl methyl sites for hydroxylation is 2. The molecule has 0 aliphatic carbocycles. The molecule has 1 saturated heterocycles. The Hall–Kier alpha value is -1.03. The van der Waals surface area contributed by atoms with Crippen molar-refractivity contribution in [3.05, 3.63) is 11.8 Å². The van der Waals surface area contributed by atoms with Crippen LogP contribution in [0.25, 0.3) is 0 Å². The van der Waals surface area contributed by atoms with Crippen LogP contribution in [0.2, 0.25) is 0 Å². The van der Waals surface area contributed by atoms with Crippen LogP contribution in [0.1, 0.15) is 12.6 Å². The van der Waals surface area contributed by atoms with E-state index in [2.05, 4.69) is 35.2 Å². The second-order valence-corrected chi connectivity index (χ2v) is 4.07. The van der Waals surface area contributed by atoms with E-state index in [-0.39, 0.29) is 0 Å². The van der Waals surface area contributed by atoms with Gasteiger partial charge in [0, 0.05) is 44.5 Å². The van der Waals surface area contributed by atoms with Crippen LogP contribution in [0.15, 0.2) is 6.07 Å². The summed E-state index contributed by atoms with van der Waals surface area (Å²) in [4.78, 5) is 2.34. The molecule has 0 amide bonds. The Labute approximate surface area is 84.9 Å². The zero-order valence-corrected chi connectivity index (χ0v) is 9.12. The molecule has 2 heterocycles. The molecule has 0 spiro atoms. The number of piperazine rings is 1. The molecule has 1 unspecified atom stereocenters. The third-order valence-corrected chi connectivity index (χ3v) is 2.79. The maximum absolute atomic E-state index is 4.48. The van der Waals surface area contributed by atoms with E-state index in [0.717, 1.165) is 25.5 Å².